The van der Waals surface area contributed by atoms with Gasteiger partial charge in [0.25, 0.3) is 0 Å². The third-order valence-electron chi connectivity index (χ3n) is 2.96. The van der Waals surface area contributed by atoms with E-state index >= 15 is 0 Å². The van der Waals surface area contributed by atoms with Gasteiger partial charge in [0.2, 0.25) is 0 Å². The molecular weight excluding hydrogens is 190 g/mol. The molecule has 0 amide bonds. The second kappa shape index (κ2) is 3.85. The molecule has 0 saturated carbocycles. The van der Waals surface area contributed by atoms with Crippen LogP contribution in [0.15, 0.2) is 16.6 Å². The van der Waals surface area contributed by atoms with E-state index in [1.807, 2.05) is 6.92 Å². The van der Waals surface area contributed by atoms with E-state index in [1.54, 1.807) is 20.0 Å². The van der Waals surface area contributed by atoms with Crippen molar-refractivity contribution in [2.45, 2.75) is 26.8 Å². The van der Waals surface area contributed by atoms with Gasteiger partial charge in [-0.15, -0.1) is 0 Å². The van der Waals surface area contributed by atoms with Gasteiger partial charge in [-0.2, -0.15) is 5.26 Å². The Hall–Kier alpha value is -1.63. The number of amidine groups is 1. The molecule has 2 unspecified atom stereocenters. The number of ketones is 1. The lowest BCUT2D eigenvalue weighted by Crippen LogP contribution is -2.52. The van der Waals surface area contributed by atoms with Crippen LogP contribution in [0.2, 0.25) is 0 Å². The highest BCUT2D eigenvalue weighted by atomic mass is 16.1. The Balaban J connectivity index is 3.33. The number of carbonyl (C=O) groups is 1. The minimum Gasteiger partial charge on any atom is -0.366 e. The first-order chi connectivity index (χ1) is 6.98. The minimum absolute atomic E-state index is 0.131. The molecular formula is C11H15N3O. The Labute approximate surface area is 89.7 Å². The third-order valence-corrected chi connectivity index (χ3v) is 2.96. The molecule has 0 aromatic rings. The van der Waals surface area contributed by atoms with Crippen molar-refractivity contribution in [3.8, 4) is 6.07 Å². The lowest BCUT2D eigenvalue weighted by atomic mass is 9.71. The fourth-order valence-corrected chi connectivity index (χ4v) is 2.01. The van der Waals surface area contributed by atoms with Crippen molar-refractivity contribution in [2.75, 3.05) is 7.05 Å². The van der Waals surface area contributed by atoms with E-state index in [1.165, 1.54) is 6.92 Å². The fourth-order valence-electron chi connectivity index (χ4n) is 2.01. The first-order valence-corrected chi connectivity index (χ1v) is 4.83. The van der Waals surface area contributed by atoms with E-state index in [2.05, 4.69) is 16.4 Å². The Bertz CT molecular complexity index is 389. The van der Waals surface area contributed by atoms with Gasteiger partial charge in [-0.05, 0) is 32.4 Å². The maximum atomic E-state index is 11.6. The monoisotopic (exact) mass is 205 g/mol. The summed E-state index contributed by atoms with van der Waals surface area (Å²) >= 11 is 0. The van der Waals surface area contributed by atoms with Gasteiger partial charge in [-0.25, -0.2) is 0 Å². The average molecular weight is 205 g/mol. The van der Waals surface area contributed by atoms with E-state index in [9.17, 15) is 10.1 Å². The summed E-state index contributed by atoms with van der Waals surface area (Å²) in [5.74, 6) is 0.584. The van der Waals surface area contributed by atoms with Crippen LogP contribution in [-0.2, 0) is 4.79 Å². The van der Waals surface area contributed by atoms with E-state index in [0.29, 0.717) is 5.84 Å². The first kappa shape index (κ1) is 11.4. The van der Waals surface area contributed by atoms with Gasteiger partial charge in [0.05, 0.1) is 12.1 Å². The van der Waals surface area contributed by atoms with Crippen LogP contribution in [0.1, 0.15) is 20.8 Å². The minimum atomic E-state index is -1.05. The predicted octanol–water partition coefficient (Wildman–Crippen LogP) is 1.05. The molecule has 0 saturated heterocycles. The summed E-state index contributed by atoms with van der Waals surface area (Å²) in [6.07, 6.45) is 1.75. The van der Waals surface area contributed by atoms with E-state index in [-0.39, 0.29) is 11.8 Å². The SMILES string of the molecule is CN=C1C=C(C)C(C#N)(C(C)=O)C(C)N1. The lowest BCUT2D eigenvalue weighted by Gasteiger charge is -2.36. The average Bonchev–Trinajstić information content (AvgIpc) is 2.17. The van der Waals surface area contributed by atoms with Crippen molar-refractivity contribution >= 4 is 11.6 Å². The van der Waals surface area contributed by atoms with Crippen molar-refractivity contribution < 1.29 is 4.79 Å². The van der Waals surface area contributed by atoms with Crippen LogP contribution in [0.3, 0.4) is 0 Å². The van der Waals surface area contributed by atoms with Crippen LogP contribution in [0.4, 0.5) is 0 Å². The van der Waals surface area contributed by atoms with Gasteiger partial charge in [0.1, 0.15) is 5.84 Å². The number of Topliss-reactive ketones (excluding diaryl/α,β-unsaturated/α-hetero) is 1. The smallest absolute Gasteiger partial charge is 0.156 e. The molecule has 4 heteroatoms. The summed E-state index contributed by atoms with van der Waals surface area (Å²) in [4.78, 5) is 15.6. The Morgan fingerprint density at radius 2 is 2.33 bits per heavy atom. The Kier molecular flexibility index (Phi) is 2.94. The summed E-state index contributed by atoms with van der Waals surface area (Å²) in [6, 6.07) is 1.88. The van der Waals surface area contributed by atoms with Gasteiger partial charge in [0.15, 0.2) is 11.2 Å². The summed E-state index contributed by atoms with van der Waals surface area (Å²) in [5.41, 5.74) is -0.293. The quantitative estimate of drug-likeness (QED) is 0.696. The Morgan fingerprint density at radius 3 is 2.67 bits per heavy atom. The Morgan fingerprint density at radius 1 is 1.73 bits per heavy atom. The number of carbonyl (C=O) groups excluding carboxylic acids is 1. The molecule has 15 heavy (non-hydrogen) atoms. The van der Waals surface area contributed by atoms with Crippen molar-refractivity contribution in [3.63, 3.8) is 0 Å². The van der Waals surface area contributed by atoms with Crippen molar-refractivity contribution in [1.29, 1.82) is 5.26 Å². The van der Waals surface area contributed by atoms with Crippen LogP contribution in [0.25, 0.3) is 0 Å². The molecule has 1 N–H and O–H groups in total. The number of rotatable bonds is 1. The molecule has 0 aliphatic carbocycles. The molecule has 0 aromatic carbocycles. The molecule has 80 valence electrons. The molecule has 0 spiro atoms. The highest BCUT2D eigenvalue weighted by molar-refractivity contribution is 6.00. The van der Waals surface area contributed by atoms with Gasteiger partial charge in [0, 0.05) is 7.05 Å². The molecule has 1 heterocycles. The van der Waals surface area contributed by atoms with Gasteiger partial charge in [-0.3, -0.25) is 9.79 Å². The zero-order valence-electron chi connectivity index (χ0n) is 9.46. The molecule has 0 bridgehead atoms. The first-order valence-electron chi connectivity index (χ1n) is 4.83. The number of hydrogen-bond acceptors (Lipinski definition) is 3. The molecule has 0 fully saturated rings. The van der Waals surface area contributed by atoms with Crippen LogP contribution in [0, 0.1) is 16.7 Å². The van der Waals surface area contributed by atoms with E-state index < -0.39 is 5.41 Å². The number of aliphatic imine (C=N–C) groups is 1. The van der Waals surface area contributed by atoms with E-state index in [4.69, 9.17) is 0 Å². The van der Waals surface area contributed by atoms with Gasteiger partial charge in [-0.1, -0.05) is 0 Å². The second-order valence-corrected chi connectivity index (χ2v) is 3.78. The van der Waals surface area contributed by atoms with E-state index in [0.717, 1.165) is 5.57 Å². The number of nitrogens with one attached hydrogen (secondary N) is 1. The molecule has 1 aliphatic heterocycles. The topological polar surface area (TPSA) is 65.2 Å². The number of nitriles is 1. The number of hydrogen-bond donors (Lipinski definition) is 1. The second-order valence-electron chi connectivity index (χ2n) is 3.78. The zero-order chi connectivity index (χ0) is 11.6. The maximum absolute atomic E-state index is 11.6. The summed E-state index contributed by atoms with van der Waals surface area (Å²) in [7, 11) is 1.67. The van der Waals surface area contributed by atoms with Crippen molar-refractivity contribution in [1.82, 2.24) is 5.32 Å². The predicted molar refractivity (Wildman–Crippen MR) is 58.4 cm³/mol. The summed E-state index contributed by atoms with van der Waals surface area (Å²) in [5, 5.41) is 12.3. The zero-order valence-corrected chi connectivity index (χ0v) is 9.46. The number of nitrogens with zero attached hydrogens (tertiary/aromatic N) is 2. The van der Waals surface area contributed by atoms with Crippen molar-refractivity contribution in [2.24, 2.45) is 10.4 Å². The van der Waals surface area contributed by atoms with Crippen LogP contribution in [0.5, 0.6) is 0 Å². The van der Waals surface area contributed by atoms with Crippen LogP contribution < -0.4 is 5.32 Å². The van der Waals surface area contributed by atoms with Crippen LogP contribution in [-0.4, -0.2) is 24.7 Å². The fraction of sp³-hybridized carbons (Fsp3) is 0.545. The highest BCUT2D eigenvalue weighted by Gasteiger charge is 2.45. The highest BCUT2D eigenvalue weighted by Crippen LogP contribution is 2.34. The molecule has 0 radical (unpaired) electrons. The summed E-state index contributed by atoms with van der Waals surface area (Å²) < 4.78 is 0. The van der Waals surface area contributed by atoms with Crippen LogP contribution >= 0.6 is 0 Å². The molecule has 4 nitrogen and oxygen atoms in total. The van der Waals surface area contributed by atoms with Gasteiger partial charge >= 0.3 is 0 Å². The third kappa shape index (κ3) is 1.54. The lowest BCUT2D eigenvalue weighted by molar-refractivity contribution is -0.123. The standard InChI is InChI=1S/C11H15N3O/c1-7-5-10(13-4)14-8(2)11(7,6-12)9(3)15/h5,8H,1-4H3,(H,13,14). The molecule has 1 rings (SSSR count). The molecule has 1 aliphatic rings. The largest absolute Gasteiger partial charge is 0.366 e. The molecule has 2 atom stereocenters. The molecule has 0 aromatic heterocycles. The normalized spacial score (nSPS) is 32.9. The maximum Gasteiger partial charge on any atom is 0.156 e. The van der Waals surface area contributed by atoms with Crippen molar-refractivity contribution in [3.05, 3.63) is 11.6 Å². The summed E-state index contributed by atoms with van der Waals surface area (Å²) in [6.45, 7) is 5.08. The van der Waals surface area contributed by atoms with Gasteiger partial charge < -0.3 is 5.32 Å².